The average Bonchev–Trinajstić information content (AvgIpc) is 3.05. The Morgan fingerprint density at radius 3 is 2.76 bits per heavy atom. The van der Waals surface area contributed by atoms with Gasteiger partial charge in [-0.15, -0.1) is 0 Å². The molecule has 2 aromatic heterocycles. The first kappa shape index (κ1) is 12.7. The van der Waals surface area contributed by atoms with Gasteiger partial charge in [0.15, 0.2) is 11.3 Å². The van der Waals surface area contributed by atoms with E-state index >= 15 is 0 Å². The van der Waals surface area contributed by atoms with E-state index in [9.17, 15) is 9.59 Å². The molecule has 0 spiro atoms. The lowest BCUT2D eigenvalue weighted by Gasteiger charge is -2.21. The molecule has 9 nitrogen and oxygen atoms in total. The molecule has 0 amide bonds. The van der Waals surface area contributed by atoms with Crippen molar-refractivity contribution in [3.63, 3.8) is 0 Å². The summed E-state index contributed by atoms with van der Waals surface area (Å²) in [6.07, 6.45) is -1.07. The Morgan fingerprint density at radius 1 is 1.19 bits per heavy atom. The van der Waals surface area contributed by atoms with Crippen LogP contribution >= 0.6 is 0 Å². The molecule has 4 heterocycles. The Kier molecular flexibility index (Phi) is 2.44. The first-order valence-electron chi connectivity index (χ1n) is 6.62. The van der Waals surface area contributed by atoms with Gasteiger partial charge in [-0.05, 0) is 13.8 Å². The minimum absolute atomic E-state index is 0.0546. The van der Waals surface area contributed by atoms with Gasteiger partial charge in [0.05, 0.1) is 17.7 Å². The molecular formula is C12H14N4O5. The number of aromatic amines is 3. The van der Waals surface area contributed by atoms with E-state index in [1.54, 1.807) is 0 Å². The van der Waals surface area contributed by atoms with Gasteiger partial charge in [-0.3, -0.25) is 24.9 Å². The maximum Gasteiger partial charge on any atom is 0.291 e. The summed E-state index contributed by atoms with van der Waals surface area (Å²) in [5.74, 6) is -0.697. The number of rotatable bonds is 1. The molecule has 0 saturated carbocycles. The Balaban J connectivity index is 1.83. The Hall–Kier alpha value is -1.97. The van der Waals surface area contributed by atoms with Gasteiger partial charge in [0, 0.05) is 0 Å². The number of H-pyrrole nitrogens is 3. The van der Waals surface area contributed by atoms with E-state index in [2.05, 4.69) is 20.4 Å². The Bertz CT molecular complexity index is 819. The third-order valence-corrected chi connectivity index (χ3v) is 3.77. The molecule has 9 heteroatoms. The Morgan fingerprint density at radius 2 is 1.95 bits per heavy atom. The van der Waals surface area contributed by atoms with Crippen molar-refractivity contribution in [3.8, 4) is 0 Å². The van der Waals surface area contributed by atoms with Crippen LogP contribution in [-0.4, -0.2) is 45.0 Å². The highest BCUT2D eigenvalue weighted by molar-refractivity contribution is 5.79. The predicted octanol–water partition coefficient (Wildman–Crippen LogP) is -0.469. The fraction of sp³-hybridized carbons (Fsp3) is 0.583. The van der Waals surface area contributed by atoms with E-state index in [1.165, 1.54) is 0 Å². The molecular weight excluding hydrogens is 280 g/mol. The van der Waals surface area contributed by atoms with Crippen molar-refractivity contribution in [2.24, 2.45) is 0 Å². The van der Waals surface area contributed by atoms with Crippen LogP contribution in [0, 0.1) is 0 Å². The molecule has 3 atom stereocenters. The second-order valence-electron chi connectivity index (χ2n) is 5.66. The summed E-state index contributed by atoms with van der Waals surface area (Å²) < 4.78 is 17.2. The van der Waals surface area contributed by atoms with Gasteiger partial charge in [-0.2, -0.15) is 5.10 Å². The maximum absolute atomic E-state index is 12.0. The minimum atomic E-state index is -0.697. The van der Waals surface area contributed by atoms with E-state index in [0.717, 1.165) is 0 Å². The van der Waals surface area contributed by atoms with Gasteiger partial charge in [-0.25, -0.2) is 0 Å². The molecule has 0 bridgehead atoms. The van der Waals surface area contributed by atoms with Crippen LogP contribution in [0.3, 0.4) is 0 Å². The molecule has 21 heavy (non-hydrogen) atoms. The van der Waals surface area contributed by atoms with Crippen LogP contribution < -0.4 is 11.1 Å². The van der Waals surface area contributed by atoms with Crippen LogP contribution in [0.25, 0.3) is 10.9 Å². The van der Waals surface area contributed by atoms with Crippen molar-refractivity contribution in [1.82, 2.24) is 20.4 Å². The predicted molar refractivity (Wildman–Crippen MR) is 69.9 cm³/mol. The van der Waals surface area contributed by atoms with Gasteiger partial charge in [-0.1, -0.05) is 0 Å². The molecule has 0 aromatic carbocycles. The van der Waals surface area contributed by atoms with Gasteiger partial charge in [0.2, 0.25) is 0 Å². The summed E-state index contributed by atoms with van der Waals surface area (Å²) >= 11 is 0. The van der Waals surface area contributed by atoms with Gasteiger partial charge in [0.25, 0.3) is 11.1 Å². The average molecular weight is 294 g/mol. The lowest BCUT2D eigenvalue weighted by atomic mass is 10.1. The Labute approximate surface area is 117 Å². The zero-order valence-corrected chi connectivity index (χ0v) is 11.4. The van der Waals surface area contributed by atoms with E-state index in [0.29, 0.717) is 12.3 Å². The van der Waals surface area contributed by atoms with Crippen LogP contribution in [0.4, 0.5) is 0 Å². The lowest BCUT2D eigenvalue weighted by Crippen LogP contribution is -2.26. The highest BCUT2D eigenvalue weighted by Crippen LogP contribution is 2.42. The molecule has 3 N–H and O–H groups in total. The molecule has 2 aliphatic rings. The topological polar surface area (TPSA) is 122 Å². The van der Waals surface area contributed by atoms with Crippen molar-refractivity contribution in [2.75, 3.05) is 6.61 Å². The number of ether oxygens (including phenoxy) is 3. The maximum atomic E-state index is 12.0. The van der Waals surface area contributed by atoms with Crippen LogP contribution in [-0.2, 0) is 14.2 Å². The number of hydrogen-bond donors (Lipinski definition) is 3. The van der Waals surface area contributed by atoms with Crippen LogP contribution in [0.15, 0.2) is 9.59 Å². The molecule has 2 aromatic rings. The van der Waals surface area contributed by atoms with Crippen LogP contribution in [0.1, 0.15) is 25.6 Å². The quantitative estimate of drug-likeness (QED) is 0.653. The molecule has 3 unspecified atom stereocenters. The summed E-state index contributed by atoms with van der Waals surface area (Å²) in [4.78, 5) is 23.7. The van der Waals surface area contributed by atoms with Crippen molar-refractivity contribution in [3.05, 3.63) is 26.4 Å². The minimum Gasteiger partial charge on any atom is -0.366 e. The zero-order chi connectivity index (χ0) is 14.8. The van der Waals surface area contributed by atoms with Crippen molar-refractivity contribution >= 4 is 10.9 Å². The van der Waals surface area contributed by atoms with Gasteiger partial charge >= 0.3 is 0 Å². The molecule has 0 radical (unpaired) electrons. The molecule has 2 aliphatic heterocycles. The number of fused-ring (bicyclic) bond motifs is 2. The number of nitrogens with zero attached hydrogens (tertiary/aromatic N) is 1. The van der Waals surface area contributed by atoms with E-state index < -0.39 is 23.0 Å². The molecule has 2 fully saturated rings. The first-order valence-corrected chi connectivity index (χ1v) is 6.62. The lowest BCUT2D eigenvalue weighted by molar-refractivity contribution is -0.175. The number of aromatic nitrogens is 4. The standard InChI is InChI=1S/C12H14N4O5/c1-12(2)20-4-3-19-9(8(4)21-12)6-5-7(14-13-6)11(18)16-15-10(5)17/h4,8-9H,3H2,1-2H3,(H,13,14)(H,15,17)(H,16,18). The third kappa shape index (κ3) is 1.78. The molecule has 2 saturated heterocycles. The highest BCUT2D eigenvalue weighted by atomic mass is 16.8. The normalized spacial score (nSPS) is 30.9. The summed E-state index contributed by atoms with van der Waals surface area (Å²) in [5, 5.41) is 11.3. The van der Waals surface area contributed by atoms with Gasteiger partial charge in [0.1, 0.15) is 18.3 Å². The van der Waals surface area contributed by atoms with E-state index in [-0.39, 0.29) is 23.1 Å². The summed E-state index contributed by atoms with van der Waals surface area (Å²) in [5.41, 5.74) is -0.408. The largest absolute Gasteiger partial charge is 0.366 e. The molecule has 112 valence electrons. The van der Waals surface area contributed by atoms with Crippen molar-refractivity contribution in [2.45, 2.75) is 37.9 Å². The fourth-order valence-electron chi connectivity index (χ4n) is 2.98. The monoisotopic (exact) mass is 294 g/mol. The third-order valence-electron chi connectivity index (χ3n) is 3.77. The number of nitrogens with one attached hydrogen (secondary N) is 3. The zero-order valence-electron chi connectivity index (χ0n) is 11.4. The first-order chi connectivity index (χ1) is 9.96. The van der Waals surface area contributed by atoms with Crippen LogP contribution in [0.5, 0.6) is 0 Å². The van der Waals surface area contributed by atoms with Crippen molar-refractivity contribution < 1.29 is 14.2 Å². The number of hydrogen-bond acceptors (Lipinski definition) is 6. The molecule has 0 aliphatic carbocycles. The fourth-order valence-corrected chi connectivity index (χ4v) is 2.98. The van der Waals surface area contributed by atoms with E-state index in [4.69, 9.17) is 14.2 Å². The second kappa shape index (κ2) is 4.03. The van der Waals surface area contributed by atoms with Gasteiger partial charge < -0.3 is 14.2 Å². The molecule has 4 rings (SSSR count). The van der Waals surface area contributed by atoms with Crippen LogP contribution in [0.2, 0.25) is 0 Å². The summed E-state index contributed by atoms with van der Waals surface area (Å²) in [7, 11) is 0. The smallest absolute Gasteiger partial charge is 0.291 e. The summed E-state index contributed by atoms with van der Waals surface area (Å²) in [6.45, 7) is 4.01. The highest BCUT2D eigenvalue weighted by Gasteiger charge is 2.51. The SMILES string of the molecule is CC1(C)OC2COC(c3[nH]nc4c(=O)[nH][nH]c(=O)c34)C2O1. The second-order valence-corrected chi connectivity index (χ2v) is 5.66. The summed E-state index contributed by atoms with van der Waals surface area (Å²) in [6, 6.07) is 0. The van der Waals surface area contributed by atoms with Crippen molar-refractivity contribution in [1.29, 1.82) is 0 Å². The van der Waals surface area contributed by atoms with E-state index in [1.807, 2.05) is 13.8 Å².